The Morgan fingerprint density at radius 3 is 2.74 bits per heavy atom. The summed E-state index contributed by atoms with van der Waals surface area (Å²) in [5.74, 6) is 1.05. The van der Waals surface area contributed by atoms with Gasteiger partial charge in [0.15, 0.2) is 16.8 Å². The number of halogens is 1. The van der Waals surface area contributed by atoms with Gasteiger partial charge in [-0.05, 0) is 47.1 Å². The minimum Gasteiger partial charge on any atom is -0.453 e. The van der Waals surface area contributed by atoms with E-state index in [-0.39, 0.29) is 0 Å². The van der Waals surface area contributed by atoms with Crippen molar-refractivity contribution in [2.24, 2.45) is 0 Å². The van der Waals surface area contributed by atoms with Crippen LogP contribution in [-0.2, 0) is 0 Å². The lowest BCUT2D eigenvalue weighted by atomic mass is 10.2. The van der Waals surface area contributed by atoms with Crippen LogP contribution in [0.2, 0.25) is 5.02 Å². The van der Waals surface area contributed by atoms with E-state index in [2.05, 4.69) is 14.9 Å². The highest BCUT2D eigenvalue weighted by atomic mass is 35.5. The van der Waals surface area contributed by atoms with Crippen molar-refractivity contribution in [3.63, 3.8) is 0 Å². The van der Waals surface area contributed by atoms with Crippen LogP contribution in [-0.4, -0.2) is 10.3 Å². The fraction of sp³-hybridized carbons (Fsp3) is 0.0769. The standard InChI is InChI=1S/C13H10ClN3O2/c1-7-2-3-8(14)11(6-7)18-10-5-4-9(15)12-13(10)17-19-16-12/h2-6H,15H2,1H3. The summed E-state index contributed by atoms with van der Waals surface area (Å²) in [7, 11) is 0. The number of aryl methyl sites for hydroxylation is 1. The molecule has 1 aromatic heterocycles. The molecule has 0 amide bonds. The molecule has 2 N–H and O–H groups in total. The quantitative estimate of drug-likeness (QED) is 0.724. The van der Waals surface area contributed by atoms with Gasteiger partial charge in [0.2, 0.25) is 0 Å². The number of hydrogen-bond acceptors (Lipinski definition) is 5. The average molecular weight is 276 g/mol. The molecular weight excluding hydrogens is 266 g/mol. The number of ether oxygens (including phenoxy) is 1. The lowest BCUT2D eigenvalue weighted by Gasteiger charge is -2.08. The monoisotopic (exact) mass is 275 g/mol. The van der Waals surface area contributed by atoms with Gasteiger partial charge in [0.25, 0.3) is 0 Å². The molecule has 1 heterocycles. The van der Waals surface area contributed by atoms with E-state index < -0.39 is 0 Å². The summed E-state index contributed by atoms with van der Waals surface area (Å²) in [5, 5.41) is 8.05. The number of aromatic nitrogens is 2. The zero-order chi connectivity index (χ0) is 13.4. The van der Waals surface area contributed by atoms with Gasteiger partial charge in [-0.2, -0.15) is 0 Å². The highest BCUT2D eigenvalue weighted by molar-refractivity contribution is 6.32. The maximum atomic E-state index is 6.09. The molecule has 0 aliphatic heterocycles. The van der Waals surface area contributed by atoms with Crippen LogP contribution in [0.15, 0.2) is 35.0 Å². The Balaban J connectivity index is 2.08. The van der Waals surface area contributed by atoms with Crippen LogP contribution in [0.25, 0.3) is 11.0 Å². The summed E-state index contributed by atoms with van der Waals surface area (Å²) in [5.41, 5.74) is 8.25. The third-order valence-electron chi connectivity index (χ3n) is 2.72. The van der Waals surface area contributed by atoms with Crippen molar-refractivity contribution in [2.45, 2.75) is 6.92 Å². The van der Waals surface area contributed by atoms with Crippen molar-refractivity contribution in [3.05, 3.63) is 40.9 Å². The SMILES string of the molecule is Cc1ccc(Cl)c(Oc2ccc(N)c3nonc23)c1. The van der Waals surface area contributed by atoms with Crippen LogP contribution in [0.4, 0.5) is 5.69 Å². The first-order valence-corrected chi connectivity index (χ1v) is 5.97. The first kappa shape index (κ1) is 11.8. The summed E-state index contributed by atoms with van der Waals surface area (Å²) < 4.78 is 10.5. The lowest BCUT2D eigenvalue weighted by Crippen LogP contribution is -1.91. The second-order valence-electron chi connectivity index (χ2n) is 4.15. The topological polar surface area (TPSA) is 74.2 Å². The molecule has 3 rings (SSSR count). The predicted octanol–water partition coefficient (Wildman–Crippen LogP) is 3.56. The van der Waals surface area contributed by atoms with Crippen LogP contribution in [0.1, 0.15) is 5.56 Å². The molecule has 5 nitrogen and oxygen atoms in total. The molecule has 0 atom stereocenters. The number of anilines is 1. The number of nitrogens with two attached hydrogens (primary N) is 1. The summed E-state index contributed by atoms with van der Waals surface area (Å²) in [6.07, 6.45) is 0. The molecule has 0 radical (unpaired) electrons. The smallest absolute Gasteiger partial charge is 0.179 e. The first-order valence-electron chi connectivity index (χ1n) is 5.60. The first-order chi connectivity index (χ1) is 9.15. The van der Waals surface area contributed by atoms with Crippen LogP contribution in [0.3, 0.4) is 0 Å². The number of fused-ring (bicyclic) bond motifs is 1. The second-order valence-corrected chi connectivity index (χ2v) is 4.56. The van der Waals surface area contributed by atoms with Gasteiger partial charge in [0.1, 0.15) is 5.75 Å². The van der Waals surface area contributed by atoms with Crippen LogP contribution in [0, 0.1) is 6.92 Å². The summed E-state index contributed by atoms with van der Waals surface area (Å²) in [6.45, 7) is 1.96. The molecule has 0 aliphatic rings. The largest absolute Gasteiger partial charge is 0.453 e. The lowest BCUT2D eigenvalue weighted by molar-refractivity contribution is 0.314. The third kappa shape index (κ3) is 2.08. The predicted molar refractivity (Wildman–Crippen MR) is 72.5 cm³/mol. The van der Waals surface area contributed by atoms with E-state index in [1.165, 1.54) is 0 Å². The van der Waals surface area contributed by atoms with E-state index in [9.17, 15) is 0 Å². The Labute approximate surface area is 113 Å². The van der Waals surface area contributed by atoms with E-state index in [1.54, 1.807) is 18.2 Å². The molecule has 96 valence electrons. The fourth-order valence-electron chi connectivity index (χ4n) is 1.75. The van der Waals surface area contributed by atoms with Gasteiger partial charge in [-0.1, -0.05) is 17.7 Å². The molecular formula is C13H10ClN3O2. The highest BCUT2D eigenvalue weighted by Gasteiger charge is 2.13. The molecule has 0 saturated heterocycles. The average Bonchev–Trinajstić information content (AvgIpc) is 2.87. The minimum absolute atomic E-state index is 0.470. The van der Waals surface area contributed by atoms with Crippen molar-refractivity contribution in [1.82, 2.24) is 10.3 Å². The fourth-order valence-corrected chi connectivity index (χ4v) is 1.91. The molecule has 0 saturated carbocycles. The van der Waals surface area contributed by atoms with E-state index in [4.69, 9.17) is 22.1 Å². The van der Waals surface area contributed by atoms with Gasteiger partial charge >= 0.3 is 0 Å². The second kappa shape index (κ2) is 4.44. The highest BCUT2D eigenvalue weighted by Crippen LogP contribution is 2.34. The van der Waals surface area contributed by atoms with Crippen molar-refractivity contribution in [3.8, 4) is 11.5 Å². The molecule has 3 aromatic rings. The molecule has 0 spiro atoms. The van der Waals surface area contributed by atoms with E-state index >= 15 is 0 Å². The van der Waals surface area contributed by atoms with Crippen molar-refractivity contribution < 1.29 is 9.37 Å². The number of nitrogens with zero attached hydrogens (tertiary/aromatic N) is 2. The number of benzene rings is 2. The molecule has 19 heavy (non-hydrogen) atoms. The Bertz CT molecular complexity index is 755. The van der Waals surface area contributed by atoms with Gasteiger partial charge in [-0.3, -0.25) is 0 Å². The minimum atomic E-state index is 0.470. The van der Waals surface area contributed by atoms with Gasteiger partial charge in [-0.25, -0.2) is 4.63 Å². The molecule has 0 bridgehead atoms. The molecule has 2 aromatic carbocycles. The van der Waals surface area contributed by atoms with Gasteiger partial charge in [0.05, 0.1) is 10.7 Å². The van der Waals surface area contributed by atoms with Gasteiger partial charge in [0, 0.05) is 0 Å². The maximum Gasteiger partial charge on any atom is 0.179 e. The van der Waals surface area contributed by atoms with Crippen molar-refractivity contribution in [1.29, 1.82) is 0 Å². The Kier molecular flexibility index (Phi) is 2.76. The number of hydrogen-bond donors (Lipinski definition) is 1. The van der Waals surface area contributed by atoms with E-state index in [1.807, 2.05) is 19.1 Å². The van der Waals surface area contributed by atoms with Gasteiger partial charge in [-0.15, -0.1) is 0 Å². The van der Waals surface area contributed by atoms with E-state index in [0.717, 1.165) is 5.56 Å². The Morgan fingerprint density at radius 2 is 1.89 bits per heavy atom. The Hall–Kier alpha value is -2.27. The van der Waals surface area contributed by atoms with Crippen LogP contribution in [0.5, 0.6) is 11.5 Å². The third-order valence-corrected chi connectivity index (χ3v) is 3.03. The maximum absolute atomic E-state index is 6.09. The number of nitrogen functional groups attached to an aromatic ring is 1. The number of rotatable bonds is 2. The molecule has 0 fully saturated rings. The van der Waals surface area contributed by atoms with Crippen molar-refractivity contribution in [2.75, 3.05) is 5.73 Å². The summed E-state index contributed by atoms with van der Waals surface area (Å²) >= 11 is 6.09. The zero-order valence-corrected chi connectivity index (χ0v) is 10.8. The summed E-state index contributed by atoms with van der Waals surface area (Å²) in [6, 6.07) is 8.93. The van der Waals surface area contributed by atoms with Gasteiger partial charge < -0.3 is 10.5 Å². The van der Waals surface area contributed by atoms with E-state index in [0.29, 0.717) is 33.2 Å². The molecule has 6 heteroatoms. The molecule has 0 aliphatic carbocycles. The van der Waals surface area contributed by atoms with Crippen LogP contribution >= 0.6 is 11.6 Å². The molecule has 0 unspecified atom stereocenters. The van der Waals surface area contributed by atoms with Crippen LogP contribution < -0.4 is 10.5 Å². The normalized spacial score (nSPS) is 10.8. The van der Waals surface area contributed by atoms with Crippen molar-refractivity contribution >= 4 is 28.3 Å². The zero-order valence-electron chi connectivity index (χ0n) is 10.1. The summed E-state index contributed by atoms with van der Waals surface area (Å²) in [4.78, 5) is 0. The Morgan fingerprint density at radius 1 is 1.11 bits per heavy atom.